The van der Waals surface area contributed by atoms with Crippen molar-refractivity contribution in [3.63, 3.8) is 0 Å². The van der Waals surface area contributed by atoms with Crippen molar-refractivity contribution in [3.8, 4) is 0 Å². The number of benzene rings is 2. The highest BCUT2D eigenvalue weighted by Crippen LogP contribution is 2.26. The Labute approximate surface area is 269 Å². The molecule has 0 aromatic heterocycles. The summed E-state index contributed by atoms with van der Waals surface area (Å²) in [6.45, 7) is 9.65. The van der Waals surface area contributed by atoms with Gasteiger partial charge in [0.25, 0.3) is 0 Å². The lowest BCUT2D eigenvalue weighted by molar-refractivity contribution is -0.142. The lowest BCUT2D eigenvalue weighted by Crippen LogP contribution is -2.44. The molecular weight excluding hydrogens is 601 g/mol. The predicted octanol–water partition coefficient (Wildman–Crippen LogP) is 5.32. The second-order valence-electron chi connectivity index (χ2n) is 12.2. The SMILES string of the molecule is CC(C)CC(C(=O)NC(CCSCC(NC(=O)CC(C)(C)C)C(=O)O)C(=O)O)c1ccc(NC(=S)Nc2ccccc2)cc1. The maximum atomic E-state index is 13.4. The summed E-state index contributed by atoms with van der Waals surface area (Å²) in [5.41, 5.74) is 2.05. The van der Waals surface area contributed by atoms with E-state index < -0.39 is 35.8 Å². The zero-order valence-corrected chi connectivity index (χ0v) is 27.5. The minimum Gasteiger partial charge on any atom is -0.480 e. The van der Waals surface area contributed by atoms with E-state index in [9.17, 15) is 29.4 Å². The van der Waals surface area contributed by atoms with E-state index in [1.807, 2.05) is 89.2 Å². The number of carbonyl (C=O) groups excluding carboxylic acids is 2. The van der Waals surface area contributed by atoms with Crippen molar-refractivity contribution in [2.75, 3.05) is 22.1 Å². The van der Waals surface area contributed by atoms with Crippen molar-refractivity contribution >= 4 is 64.2 Å². The molecule has 6 N–H and O–H groups in total. The van der Waals surface area contributed by atoms with Crippen LogP contribution in [-0.2, 0) is 19.2 Å². The van der Waals surface area contributed by atoms with E-state index in [0.29, 0.717) is 11.5 Å². The first-order valence-electron chi connectivity index (χ1n) is 14.5. The number of anilines is 2. The molecule has 0 aliphatic rings. The summed E-state index contributed by atoms with van der Waals surface area (Å²) in [4.78, 5) is 49.2. The zero-order valence-electron chi connectivity index (χ0n) is 25.9. The normalized spacial score (nSPS) is 13.3. The van der Waals surface area contributed by atoms with Crippen LogP contribution in [-0.4, -0.2) is 62.7 Å². The van der Waals surface area contributed by atoms with Crippen molar-refractivity contribution in [1.29, 1.82) is 0 Å². The Balaban J connectivity index is 1.98. The fraction of sp³-hybridized carbons (Fsp3) is 0.469. The molecule has 0 aliphatic carbocycles. The average molecular weight is 645 g/mol. The van der Waals surface area contributed by atoms with E-state index in [-0.39, 0.29) is 41.6 Å². The summed E-state index contributed by atoms with van der Waals surface area (Å²) in [5.74, 6) is -3.11. The Hall–Kier alpha value is -3.64. The van der Waals surface area contributed by atoms with Gasteiger partial charge in [-0.05, 0) is 72.0 Å². The Morgan fingerprint density at radius 1 is 0.841 bits per heavy atom. The van der Waals surface area contributed by atoms with Crippen LogP contribution < -0.4 is 21.3 Å². The molecule has 10 nitrogen and oxygen atoms in total. The number of carboxylic acid groups (broad SMARTS) is 2. The molecule has 12 heteroatoms. The predicted molar refractivity (Wildman–Crippen MR) is 180 cm³/mol. The molecule has 44 heavy (non-hydrogen) atoms. The number of thioether (sulfide) groups is 1. The highest BCUT2D eigenvalue weighted by Gasteiger charge is 2.28. The van der Waals surface area contributed by atoms with Gasteiger partial charge < -0.3 is 31.5 Å². The molecule has 0 aliphatic heterocycles. The average Bonchev–Trinajstić information content (AvgIpc) is 2.92. The van der Waals surface area contributed by atoms with Crippen LogP contribution in [0.15, 0.2) is 54.6 Å². The highest BCUT2D eigenvalue weighted by molar-refractivity contribution is 7.99. The zero-order chi connectivity index (χ0) is 32.9. The summed E-state index contributed by atoms with van der Waals surface area (Å²) in [7, 11) is 0. The van der Waals surface area contributed by atoms with Gasteiger partial charge >= 0.3 is 11.9 Å². The van der Waals surface area contributed by atoms with Gasteiger partial charge in [-0.3, -0.25) is 9.59 Å². The Morgan fingerprint density at radius 2 is 1.41 bits per heavy atom. The van der Waals surface area contributed by atoms with E-state index >= 15 is 0 Å². The Morgan fingerprint density at radius 3 is 1.93 bits per heavy atom. The second kappa shape index (κ2) is 17.6. The van der Waals surface area contributed by atoms with E-state index in [4.69, 9.17) is 12.2 Å². The number of amides is 2. The number of carbonyl (C=O) groups is 4. The molecule has 3 unspecified atom stereocenters. The molecule has 0 heterocycles. The van der Waals surface area contributed by atoms with Crippen molar-refractivity contribution in [2.24, 2.45) is 11.3 Å². The van der Waals surface area contributed by atoms with Crippen LogP contribution in [0, 0.1) is 11.3 Å². The summed E-state index contributed by atoms with van der Waals surface area (Å²) < 4.78 is 0. The minimum atomic E-state index is -1.17. The number of rotatable bonds is 16. The molecule has 2 rings (SSSR count). The third-order valence-electron chi connectivity index (χ3n) is 6.40. The topological polar surface area (TPSA) is 157 Å². The molecule has 3 atom stereocenters. The minimum absolute atomic E-state index is 0.0756. The molecule has 0 saturated heterocycles. The molecular formula is C32H44N4O6S2. The van der Waals surface area contributed by atoms with Gasteiger partial charge in [0.2, 0.25) is 11.8 Å². The van der Waals surface area contributed by atoms with Crippen LogP contribution >= 0.6 is 24.0 Å². The maximum absolute atomic E-state index is 13.4. The van der Waals surface area contributed by atoms with E-state index in [2.05, 4.69) is 21.3 Å². The lowest BCUT2D eigenvalue weighted by Gasteiger charge is -2.23. The molecule has 240 valence electrons. The number of nitrogens with one attached hydrogen (secondary N) is 4. The molecule has 0 saturated carbocycles. The first-order valence-corrected chi connectivity index (χ1v) is 16.1. The summed E-state index contributed by atoms with van der Waals surface area (Å²) in [6, 6.07) is 14.6. The van der Waals surface area contributed by atoms with Gasteiger partial charge in [0.15, 0.2) is 5.11 Å². The maximum Gasteiger partial charge on any atom is 0.327 e. The molecule has 0 spiro atoms. The largest absolute Gasteiger partial charge is 0.480 e. The van der Waals surface area contributed by atoms with E-state index in [1.54, 1.807) is 0 Å². The van der Waals surface area contributed by atoms with Crippen LogP contribution in [0.25, 0.3) is 0 Å². The van der Waals surface area contributed by atoms with Crippen LogP contribution in [0.5, 0.6) is 0 Å². The monoisotopic (exact) mass is 644 g/mol. The van der Waals surface area contributed by atoms with Crippen molar-refractivity contribution in [1.82, 2.24) is 10.6 Å². The van der Waals surface area contributed by atoms with Crippen LogP contribution in [0.4, 0.5) is 11.4 Å². The fourth-order valence-corrected chi connectivity index (χ4v) is 5.58. The fourth-order valence-electron chi connectivity index (χ4n) is 4.31. The van der Waals surface area contributed by atoms with E-state index in [0.717, 1.165) is 16.9 Å². The van der Waals surface area contributed by atoms with Gasteiger partial charge in [0.1, 0.15) is 12.1 Å². The number of hydrogen-bond donors (Lipinski definition) is 6. The number of aliphatic carboxylic acids is 2. The van der Waals surface area contributed by atoms with Gasteiger partial charge in [0, 0.05) is 23.5 Å². The quantitative estimate of drug-likeness (QED) is 0.104. The van der Waals surface area contributed by atoms with E-state index in [1.165, 1.54) is 11.8 Å². The number of para-hydroxylation sites is 1. The summed E-state index contributed by atoms with van der Waals surface area (Å²) >= 11 is 6.60. The molecule has 0 bridgehead atoms. The van der Waals surface area contributed by atoms with Gasteiger partial charge in [-0.15, -0.1) is 0 Å². The van der Waals surface area contributed by atoms with Crippen molar-refractivity contribution in [3.05, 3.63) is 60.2 Å². The smallest absolute Gasteiger partial charge is 0.327 e. The van der Waals surface area contributed by atoms with Gasteiger partial charge in [-0.1, -0.05) is 65.0 Å². The molecule has 0 fully saturated rings. The van der Waals surface area contributed by atoms with Crippen molar-refractivity contribution in [2.45, 2.75) is 71.9 Å². The van der Waals surface area contributed by atoms with Gasteiger partial charge in [-0.25, -0.2) is 9.59 Å². The standard InChI is InChI=1S/C32H44N4O6S2/c1-20(2)17-24(21-11-13-23(14-12-21)34-31(43)33-22-9-7-6-8-10-22)28(38)36-25(29(39)40)15-16-44-19-26(30(41)42)35-27(37)18-32(3,4)5/h6-14,20,24-26H,15-19H2,1-5H3,(H,35,37)(H,36,38)(H,39,40)(H,41,42)(H2,33,34,43). The molecule has 2 amide bonds. The van der Waals surface area contributed by atoms with Crippen molar-refractivity contribution < 1.29 is 29.4 Å². The number of thiocarbonyl (C=S) groups is 1. The summed E-state index contributed by atoms with van der Waals surface area (Å²) in [5, 5.41) is 31.2. The number of hydrogen-bond acceptors (Lipinski definition) is 6. The van der Waals surface area contributed by atoms with Gasteiger partial charge in [-0.2, -0.15) is 11.8 Å². The lowest BCUT2D eigenvalue weighted by atomic mass is 9.89. The Bertz CT molecular complexity index is 1270. The third-order valence-corrected chi connectivity index (χ3v) is 7.70. The highest BCUT2D eigenvalue weighted by atomic mass is 32.2. The van der Waals surface area contributed by atoms with Crippen LogP contribution in [0.3, 0.4) is 0 Å². The van der Waals surface area contributed by atoms with Crippen LogP contribution in [0.2, 0.25) is 0 Å². The summed E-state index contributed by atoms with van der Waals surface area (Å²) in [6.07, 6.45) is 0.795. The third kappa shape index (κ3) is 13.8. The number of carboxylic acids is 2. The first-order chi connectivity index (χ1) is 20.6. The molecule has 2 aromatic carbocycles. The molecule has 2 aromatic rings. The van der Waals surface area contributed by atoms with Gasteiger partial charge in [0.05, 0.1) is 5.92 Å². The second-order valence-corrected chi connectivity index (χ2v) is 13.8. The first kappa shape index (κ1) is 36.6. The molecule has 0 radical (unpaired) electrons. The van der Waals surface area contributed by atoms with Crippen LogP contribution in [0.1, 0.15) is 65.4 Å². The Kier molecular flexibility index (Phi) is 14.6.